The fourth-order valence-electron chi connectivity index (χ4n) is 2.23. The second kappa shape index (κ2) is 6.21. The first kappa shape index (κ1) is 15.2. The molecule has 0 unspecified atom stereocenters. The van der Waals surface area contributed by atoms with Gasteiger partial charge in [-0.2, -0.15) is 0 Å². The molecule has 8 heteroatoms. The van der Waals surface area contributed by atoms with Crippen molar-refractivity contribution < 1.29 is 9.31 Å². The van der Waals surface area contributed by atoms with Crippen LogP contribution in [0.1, 0.15) is 5.82 Å². The number of hydrogen-bond donors (Lipinski definition) is 2. The Kier molecular flexibility index (Phi) is 4.12. The lowest BCUT2D eigenvalue weighted by molar-refractivity contribution is -0.384. The number of halogens is 2. The molecule has 2 aromatic carbocycles. The molecule has 0 saturated heterocycles. The third-order valence-electron chi connectivity index (χ3n) is 3.33. The van der Waals surface area contributed by atoms with Crippen LogP contribution in [0.2, 0.25) is 5.02 Å². The second-order valence-electron chi connectivity index (χ2n) is 4.94. The van der Waals surface area contributed by atoms with Crippen LogP contribution in [0.5, 0.6) is 0 Å². The molecule has 0 aliphatic heterocycles. The number of nitrogens with zero attached hydrogens (tertiary/aromatic N) is 2. The Morgan fingerprint density at radius 2 is 2.13 bits per heavy atom. The highest BCUT2D eigenvalue weighted by atomic mass is 35.5. The summed E-state index contributed by atoms with van der Waals surface area (Å²) in [6, 6.07) is 8.63. The molecule has 0 atom stereocenters. The molecule has 0 fully saturated rings. The van der Waals surface area contributed by atoms with Crippen LogP contribution in [0.25, 0.3) is 11.0 Å². The van der Waals surface area contributed by atoms with E-state index >= 15 is 0 Å². The number of aromatic nitrogens is 2. The van der Waals surface area contributed by atoms with Gasteiger partial charge in [0.25, 0.3) is 5.69 Å². The smallest absolute Gasteiger partial charge is 0.271 e. The summed E-state index contributed by atoms with van der Waals surface area (Å²) in [5.41, 5.74) is 1.91. The van der Waals surface area contributed by atoms with Crippen molar-refractivity contribution in [3.05, 3.63) is 63.2 Å². The molecular weight excluding hydrogens is 323 g/mol. The zero-order chi connectivity index (χ0) is 16.4. The monoisotopic (exact) mass is 334 g/mol. The lowest BCUT2D eigenvalue weighted by Crippen LogP contribution is -2.06. The number of hydrogen-bond acceptors (Lipinski definition) is 4. The molecule has 6 nitrogen and oxygen atoms in total. The topological polar surface area (TPSA) is 83.8 Å². The molecule has 23 heavy (non-hydrogen) atoms. The number of nitrogens with one attached hydrogen (secondary N) is 2. The number of fused-ring (bicyclic) bond motifs is 1. The molecule has 3 rings (SSSR count). The molecule has 0 aliphatic rings. The average Bonchev–Trinajstić information content (AvgIpc) is 2.90. The van der Waals surface area contributed by atoms with Crippen molar-refractivity contribution in [2.45, 2.75) is 6.42 Å². The summed E-state index contributed by atoms with van der Waals surface area (Å²) in [6.07, 6.45) is 0.573. The van der Waals surface area contributed by atoms with Gasteiger partial charge < -0.3 is 10.3 Å². The maximum absolute atomic E-state index is 13.1. The summed E-state index contributed by atoms with van der Waals surface area (Å²) < 4.78 is 13.1. The van der Waals surface area contributed by atoms with Gasteiger partial charge in [-0.05, 0) is 24.3 Å². The van der Waals surface area contributed by atoms with E-state index in [-0.39, 0.29) is 16.5 Å². The fraction of sp³-hybridized carbons (Fsp3) is 0.133. The molecule has 1 aromatic heterocycles. The van der Waals surface area contributed by atoms with Gasteiger partial charge in [0.05, 0.1) is 26.7 Å². The van der Waals surface area contributed by atoms with E-state index in [4.69, 9.17) is 11.6 Å². The normalized spacial score (nSPS) is 10.9. The van der Waals surface area contributed by atoms with Gasteiger partial charge >= 0.3 is 0 Å². The first-order chi connectivity index (χ1) is 11.0. The standard InChI is InChI=1S/C15H12ClFN4O2/c16-11-8-10(21(22)23)2-4-12(11)18-6-5-15-19-13-3-1-9(17)7-14(13)20-15/h1-4,7-8,18H,5-6H2,(H,19,20). The molecular formula is C15H12ClFN4O2. The van der Waals surface area contributed by atoms with Crippen molar-refractivity contribution in [3.63, 3.8) is 0 Å². The number of imidazole rings is 1. The number of non-ortho nitro benzene ring substituents is 1. The van der Waals surface area contributed by atoms with Crippen LogP contribution >= 0.6 is 11.6 Å². The largest absolute Gasteiger partial charge is 0.383 e. The Morgan fingerprint density at radius 3 is 2.87 bits per heavy atom. The van der Waals surface area contributed by atoms with Crippen molar-refractivity contribution in [3.8, 4) is 0 Å². The zero-order valence-corrected chi connectivity index (χ0v) is 12.6. The van der Waals surface area contributed by atoms with Crippen molar-refractivity contribution >= 4 is 34.0 Å². The highest BCUT2D eigenvalue weighted by Gasteiger charge is 2.09. The zero-order valence-electron chi connectivity index (χ0n) is 11.8. The molecule has 0 spiro atoms. The Labute approximate surface area is 135 Å². The maximum atomic E-state index is 13.1. The van der Waals surface area contributed by atoms with Gasteiger partial charge in [0.1, 0.15) is 11.6 Å². The van der Waals surface area contributed by atoms with E-state index in [1.807, 2.05) is 0 Å². The van der Waals surface area contributed by atoms with Crippen molar-refractivity contribution in [1.82, 2.24) is 9.97 Å². The SMILES string of the molecule is O=[N+]([O-])c1ccc(NCCc2nc3ccc(F)cc3[nH]2)c(Cl)c1. The molecule has 118 valence electrons. The molecule has 0 bridgehead atoms. The van der Waals surface area contributed by atoms with Gasteiger partial charge in [-0.15, -0.1) is 0 Å². The number of rotatable bonds is 5. The lowest BCUT2D eigenvalue weighted by atomic mass is 10.2. The Morgan fingerprint density at radius 1 is 1.30 bits per heavy atom. The van der Waals surface area contributed by atoms with E-state index in [1.54, 1.807) is 12.1 Å². The Hall–Kier alpha value is -2.67. The van der Waals surface area contributed by atoms with Crippen molar-refractivity contribution in [2.24, 2.45) is 0 Å². The predicted octanol–water partition coefficient (Wildman–Crippen LogP) is 3.92. The summed E-state index contributed by atoms with van der Waals surface area (Å²) >= 11 is 6.00. The van der Waals surface area contributed by atoms with Gasteiger partial charge in [0.15, 0.2) is 0 Å². The molecule has 0 radical (unpaired) electrons. The number of H-pyrrole nitrogens is 1. The minimum Gasteiger partial charge on any atom is -0.383 e. The Bertz CT molecular complexity index is 881. The first-order valence-electron chi connectivity index (χ1n) is 6.85. The summed E-state index contributed by atoms with van der Waals surface area (Å²) in [4.78, 5) is 17.6. The van der Waals surface area contributed by atoms with Crippen molar-refractivity contribution in [1.29, 1.82) is 0 Å². The van der Waals surface area contributed by atoms with Gasteiger partial charge in [-0.1, -0.05) is 11.6 Å². The predicted molar refractivity (Wildman–Crippen MR) is 86.4 cm³/mol. The van der Waals surface area contributed by atoms with Crippen LogP contribution in [0.3, 0.4) is 0 Å². The molecule has 2 N–H and O–H groups in total. The van der Waals surface area contributed by atoms with E-state index in [2.05, 4.69) is 15.3 Å². The van der Waals surface area contributed by atoms with E-state index in [0.29, 0.717) is 29.7 Å². The van der Waals surface area contributed by atoms with Gasteiger partial charge in [-0.25, -0.2) is 9.37 Å². The van der Waals surface area contributed by atoms with E-state index in [1.165, 1.54) is 24.3 Å². The first-order valence-corrected chi connectivity index (χ1v) is 7.23. The number of benzene rings is 2. The van der Waals surface area contributed by atoms with E-state index in [0.717, 1.165) is 5.82 Å². The molecule has 1 heterocycles. The molecule has 0 saturated carbocycles. The van der Waals surface area contributed by atoms with Crippen LogP contribution in [0.15, 0.2) is 36.4 Å². The molecule has 0 amide bonds. The van der Waals surface area contributed by atoms with Crippen LogP contribution in [-0.2, 0) is 6.42 Å². The third-order valence-corrected chi connectivity index (χ3v) is 3.65. The fourth-order valence-corrected chi connectivity index (χ4v) is 2.47. The van der Waals surface area contributed by atoms with Gasteiger partial charge in [0.2, 0.25) is 0 Å². The number of aromatic amines is 1. The number of nitro groups is 1. The van der Waals surface area contributed by atoms with Crippen LogP contribution in [0.4, 0.5) is 15.8 Å². The van der Waals surface area contributed by atoms with Crippen molar-refractivity contribution in [2.75, 3.05) is 11.9 Å². The van der Waals surface area contributed by atoms with E-state index < -0.39 is 4.92 Å². The van der Waals surface area contributed by atoms with E-state index in [9.17, 15) is 14.5 Å². The van der Waals surface area contributed by atoms with Gasteiger partial charge in [0, 0.05) is 25.1 Å². The van der Waals surface area contributed by atoms with Crippen LogP contribution < -0.4 is 5.32 Å². The highest BCUT2D eigenvalue weighted by Crippen LogP contribution is 2.26. The number of anilines is 1. The minimum absolute atomic E-state index is 0.0557. The molecule has 0 aliphatic carbocycles. The maximum Gasteiger partial charge on any atom is 0.271 e. The summed E-state index contributed by atoms with van der Waals surface area (Å²) in [5, 5.41) is 14.0. The quantitative estimate of drug-likeness (QED) is 0.547. The Balaban J connectivity index is 1.65. The van der Waals surface area contributed by atoms with Gasteiger partial charge in [-0.3, -0.25) is 10.1 Å². The summed E-state index contributed by atoms with van der Waals surface area (Å²) in [6.45, 7) is 0.528. The highest BCUT2D eigenvalue weighted by molar-refractivity contribution is 6.33. The lowest BCUT2D eigenvalue weighted by Gasteiger charge is -2.07. The minimum atomic E-state index is -0.497. The summed E-state index contributed by atoms with van der Waals surface area (Å²) in [5.74, 6) is 0.402. The molecule has 3 aromatic rings. The average molecular weight is 335 g/mol. The van der Waals surface area contributed by atoms with Crippen LogP contribution in [0, 0.1) is 15.9 Å². The van der Waals surface area contributed by atoms with Crippen LogP contribution in [-0.4, -0.2) is 21.4 Å². The second-order valence-corrected chi connectivity index (χ2v) is 5.35. The summed E-state index contributed by atoms with van der Waals surface area (Å²) in [7, 11) is 0. The third kappa shape index (κ3) is 3.40. The number of nitro benzene ring substituents is 1.